The summed E-state index contributed by atoms with van der Waals surface area (Å²) >= 11 is 3.10. The van der Waals surface area contributed by atoms with Gasteiger partial charge in [0.1, 0.15) is 22.7 Å². The summed E-state index contributed by atoms with van der Waals surface area (Å²) in [4.78, 5) is 25.3. The molecule has 0 aliphatic rings. The molecule has 0 aromatic rings. The highest BCUT2D eigenvalue weighted by molar-refractivity contribution is 8.01. The monoisotopic (exact) mass is 806 g/mol. The van der Waals surface area contributed by atoms with Gasteiger partial charge in [0.15, 0.2) is 0 Å². The quantitative estimate of drug-likeness (QED) is 0.0414. The second-order valence-corrected chi connectivity index (χ2v) is 20.9. The summed E-state index contributed by atoms with van der Waals surface area (Å²) in [6.07, 6.45) is 1.63. The summed E-state index contributed by atoms with van der Waals surface area (Å²) < 4.78 is 61.5. The summed E-state index contributed by atoms with van der Waals surface area (Å²) in [5.74, 6) is 0.964. The van der Waals surface area contributed by atoms with Crippen molar-refractivity contribution in [3.05, 3.63) is 0 Å². The molecule has 0 radical (unpaired) electrons. The normalized spacial score (nSPS) is 12.7. The molecule has 304 valence electrons. The van der Waals surface area contributed by atoms with Crippen LogP contribution in [0.5, 0.6) is 0 Å². The zero-order valence-corrected chi connectivity index (χ0v) is 36.9. The van der Waals surface area contributed by atoms with Gasteiger partial charge in [0.2, 0.25) is 0 Å². The maximum atomic E-state index is 12.6. The minimum absolute atomic E-state index is 0.174. The molecular formula is C34H70O13S2Si2. The van der Waals surface area contributed by atoms with Crippen LogP contribution in [-0.2, 0) is 59.8 Å². The number of thioether (sulfide) groups is 2. The van der Waals surface area contributed by atoms with Crippen molar-refractivity contribution in [1.82, 2.24) is 0 Å². The van der Waals surface area contributed by atoms with E-state index in [-0.39, 0.29) is 38.4 Å². The largest absolute Gasteiger partial charge is 0.500 e. The van der Waals surface area contributed by atoms with Crippen LogP contribution in [0.25, 0.3) is 0 Å². The van der Waals surface area contributed by atoms with Gasteiger partial charge in [-0.1, -0.05) is 0 Å². The molecule has 0 amide bonds. The number of carbonyl (C=O) groups excluding carboxylic acids is 2. The molecule has 0 aliphatic heterocycles. The van der Waals surface area contributed by atoms with Crippen LogP contribution in [-0.4, -0.2) is 143 Å². The fourth-order valence-corrected chi connectivity index (χ4v) is 12.3. The fourth-order valence-electron chi connectivity index (χ4n) is 4.63. The molecule has 0 atom stereocenters. The lowest BCUT2D eigenvalue weighted by Crippen LogP contribution is -2.46. The standard InChI is InChI=1S/C34H70O13S2Si2/c1-11-42-50(43-12-2,44-13-3)29-17-27-48-33(7,8)31(35)40-25-23-38-21-19-37-20-22-39-24-26-41-32(36)34(9,10)49-28-18-30-51(45-14-4,46-15-5)47-16-6/h11-30H2,1-10H3. The summed E-state index contributed by atoms with van der Waals surface area (Å²) in [5.41, 5.74) is 0. The number of carbonyl (C=O) groups is 2. The van der Waals surface area contributed by atoms with E-state index in [2.05, 4.69) is 0 Å². The van der Waals surface area contributed by atoms with E-state index in [1.807, 2.05) is 69.2 Å². The molecule has 51 heavy (non-hydrogen) atoms. The number of rotatable bonds is 36. The Bertz CT molecular complexity index is 785. The van der Waals surface area contributed by atoms with E-state index in [0.29, 0.717) is 78.2 Å². The molecule has 0 saturated heterocycles. The lowest BCUT2D eigenvalue weighted by atomic mass is 10.2. The molecule has 0 bridgehead atoms. The molecule has 0 fully saturated rings. The lowest BCUT2D eigenvalue weighted by molar-refractivity contribution is -0.147. The van der Waals surface area contributed by atoms with Crippen molar-refractivity contribution >= 4 is 53.1 Å². The zero-order chi connectivity index (χ0) is 38.5. The minimum atomic E-state index is -2.68. The summed E-state index contributed by atoms with van der Waals surface area (Å²) in [5, 5.41) is 0. The zero-order valence-electron chi connectivity index (χ0n) is 33.3. The summed E-state index contributed by atoms with van der Waals surface area (Å²) in [6.45, 7) is 24.8. The second-order valence-electron chi connectivity index (χ2n) is 12.0. The van der Waals surface area contributed by atoms with E-state index >= 15 is 0 Å². The van der Waals surface area contributed by atoms with Gasteiger partial charge in [-0.3, -0.25) is 9.59 Å². The van der Waals surface area contributed by atoms with Crippen LogP contribution < -0.4 is 0 Å². The number of hydrogen-bond acceptors (Lipinski definition) is 15. The van der Waals surface area contributed by atoms with Crippen LogP contribution >= 0.6 is 23.5 Å². The molecule has 0 spiro atoms. The average molecular weight is 807 g/mol. The summed E-state index contributed by atoms with van der Waals surface area (Å²) in [7, 11) is -5.36. The van der Waals surface area contributed by atoms with Gasteiger partial charge in [0.05, 0.1) is 39.6 Å². The SMILES string of the molecule is CCO[Si](CCCSC(C)(C)C(=O)OCCOCCOCCOCCOC(=O)C(C)(C)SCCC[Si](OCC)(OCC)OCC)(OCC)OCC. The lowest BCUT2D eigenvalue weighted by Gasteiger charge is -2.29. The molecule has 0 aromatic heterocycles. The first-order valence-electron chi connectivity index (χ1n) is 18.5. The molecule has 0 aromatic carbocycles. The molecule has 0 rings (SSSR count). The Balaban J connectivity index is 4.00. The Kier molecular flexibility index (Phi) is 29.8. The maximum Gasteiger partial charge on any atom is 0.500 e. The molecule has 0 unspecified atom stereocenters. The molecule has 0 aliphatic carbocycles. The summed E-state index contributed by atoms with van der Waals surface area (Å²) in [6, 6.07) is 1.42. The van der Waals surface area contributed by atoms with Gasteiger partial charge in [-0.05, 0) is 93.6 Å². The van der Waals surface area contributed by atoms with Crippen molar-refractivity contribution in [1.29, 1.82) is 0 Å². The highest BCUT2D eigenvalue weighted by atomic mass is 32.2. The smallest absolute Gasteiger partial charge is 0.462 e. The number of hydrogen-bond donors (Lipinski definition) is 0. The van der Waals surface area contributed by atoms with Crippen LogP contribution in [0.2, 0.25) is 12.1 Å². The predicted molar refractivity (Wildman–Crippen MR) is 208 cm³/mol. The van der Waals surface area contributed by atoms with Crippen LogP contribution in [0.1, 0.15) is 82.1 Å². The van der Waals surface area contributed by atoms with E-state index < -0.39 is 27.1 Å². The molecular weight excluding hydrogens is 737 g/mol. The van der Waals surface area contributed by atoms with E-state index in [0.717, 1.165) is 24.3 Å². The van der Waals surface area contributed by atoms with Gasteiger partial charge in [-0.15, -0.1) is 23.5 Å². The third-order valence-electron chi connectivity index (χ3n) is 7.01. The highest BCUT2D eigenvalue weighted by Crippen LogP contribution is 2.30. The van der Waals surface area contributed by atoms with Crippen LogP contribution in [0.15, 0.2) is 0 Å². The van der Waals surface area contributed by atoms with Crippen molar-refractivity contribution in [2.75, 3.05) is 104 Å². The second kappa shape index (κ2) is 30.0. The third kappa shape index (κ3) is 23.3. The Morgan fingerprint density at radius 1 is 0.451 bits per heavy atom. The van der Waals surface area contributed by atoms with Crippen LogP contribution in [0, 0.1) is 0 Å². The van der Waals surface area contributed by atoms with E-state index in [9.17, 15) is 9.59 Å². The molecule has 13 nitrogen and oxygen atoms in total. The van der Waals surface area contributed by atoms with Gasteiger partial charge in [0.25, 0.3) is 0 Å². The Morgan fingerprint density at radius 3 is 0.961 bits per heavy atom. The first-order valence-corrected chi connectivity index (χ1v) is 24.4. The highest BCUT2D eigenvalue weighted by Gasteiger charge is 2.41. The number of ether oxygens (including phenoxy) is 5. The first kappa shape index (κ1) is 50.7. The van der Waals surface area contributed by atoms with Gasteiger partial charge in [0, 0.05) is 51.7 Å². The van der Waals surface area contributed by atoms with Crippen LogP contribution in [0.4, 0.5) is 0 Å². The molecule has 17 heteroatoms. The van der Waals surface area contributed by atoms with Gasteiger partial charge in [-0.2, -0.15) is 0 Å². The van der Waals surface area contributed by atoms with Crippen molar-refractivity contribution in [3.8, 4) is 0 Å². The molecule has 0 heterocycles. The average Bonchev–Trinajstić information content (AvgIpc) is 3.07. The Labute approximate surface area is 319 Å². The number of esters is 2. The fraction of sp³-hybridized carbons (Fsp3) is 0.941. The van der Waals surface area contributed by atoms with Crippen LogP contribution in [0.3, 0.4) is 0 Å². The topological polar surface area (TPSA) is 136 Å². The van der Waals surface area contributed by atoms with Gasteiger partial charge >= 0.3 is 29.5 Å². The van der Waals surface area contributed by atoms with E-state index in [4.69, 9.17) is 50.2 Å². The molecule has 0 saturated carbocycles. The predicted octanol–water partition coefficient (Wildman–Crippen LogP) is 6.02. The van der Waals surface area contributed by atoms with Crippen molar-refractivity contribution in [3.63, 3.8) is 0 Å². The van der Waals surface area contributed by atoms with Crippen molar-refractivity contribution < 1.29 is 59.8 Å². The van der Waals surface area contributed by atoms with E-state index in [1.165, 1.54) is 0 Å². The Morgan fingerprint density at radius 2 is 0.706 bits per heavy atom. The Hall–Kier alpha value is -0.286. The third-order valence-corrected chi connectivity index (χ3v) is 16.1. The van der Waals surface area contributed by atoms with Gasteiger partial charge in [-0.25, -0.2) is 0 Å². The van der Waals surface area contributed by atoms with Gasteiger partial charge < -0.3 is 50.2 Å². The first-order chi connectivity index (χ1) is 24.3. The van der Waals surface area contributed by atoms with Crippen molar-refractivity contribution in [2.45, 2.75) is 104 Å². The van der Waals surface area contributed by atoms with Crippen molar-refractivity contribution in [2.24, 2.45) is 0 Å². The minimum Gasteiger partial charge on any atom is -0.462 e. The molecule has 0 N–H and O–H groups in total. The van der Waals surface area contributed by atoms with E-state index in [1.54, 1.807) is 23.5 Å². The maximum absolute atomic E-state index is 12.6.